The molecule has 3 rings (SSSR count). The highest BCUT2D eigenvalue weighted by Crippen LogP contribution is 2.29. The van der Waals surface area contributed by atoms with Crippen molar-refractivity contribution in [2.75, 3.05) is 0 Å². The highest BCUT2D eigenvalue weighted by Gasteiger charge is 2.18. The molecule has 3 heteroatoms. The second-order valence-electron chi connectivity index (χ2n) is 4.07. The molecule has 0 spiro atoms. The minimum atomic E-state index is -1.37. The van der Waals surface area contributed by atoms with E-state index in [-0.39, 0.29) is 0 Å². The molecule has 2 aromatic rings. The number of aryl methyl sites for hydroxylation is 2. The summed E-state index contributed by atoms with van der Waals surface area (Å²) in [6, 6.07) is 9.97. The Balaban J connectivity index is 2.36. The maximum absolute atomic E-state index is 9.18. The zero-order valence-electron chi connectivity index (χ0n) is 8.27. The molecule has 2 nitrogen and oxygen atoms in total. The first-order valence-electron chi connectivity index (χ1n) is 5.16. The molecule has 0 bridgehead atoms. The number of rotatable bonds is 1. The van der Waals surface area contributed by atoms with E-state index in [4.69, 9.17) is 0 Å². The molecule has 0 aliphatic heterocycles. The number of benzene rings is 2. The van der Waals surface area contributed by atoms with Gasteiger partial charge in [-0.1, -0.05) is 30.3 Å². The molecule has 0 radical (unpaired) electrons. The lowest BCUT2D eigenvalue weighted by Crippen LogP contribution is -2.29. The van der Waals surface area contributed by atoms with E-state index in [0.717, 1.165) is 18.2 Å². The Kier molecular flexibility index (Phi) is 1.84. The molecule has 0 saturated carbocycles. The molecule has 1 aliphatic carbocycles. The van der Waals surface area contributed by atoms with Gasteiger partial charge in [-0.05, 0) is 40.2 Å². The van der Waals surface area contributed by atoms with E-state index in [0.29, 0.717) is 5.46 Å². The minimum absolute atomic E-state index is 0.594. The van der Waals surface area contributed by atoms with Gasteiger partial charge in [0.05, 0.1) is 0 Å². The Morgan fingerprint density at radius 2 is 1.80 bits per heavy atom. The van der Waals surface area contributed by atoms with Crippen LogP contribution < -0.4 is 5.46 Å². The maximum atomic E-state index is 9.18. The standard InChI is InChI=1S/C12H11BO2/c14-13(15)11-6-9-3-1-2-8-4-5-10(7-11)12(8)9/h1-3,6-7,14-15H,4-5H2. The third kappa shape index (κ3) is 1.28. The van der Waals surface area contributed by atoms with E-state index >= 15 is 0 Å². The third-order valence-corrected chi connectivity index (χ3v) is 3.13. The summed E-state index contributed by atoms with van der Waals surface area (Å²) in [5, 5.41) is 20.8. The van der Waals surface area contributed by atoms with Gasteiger partial charge in [0, 0.05) is 0 Å². The maximum Gasteiger partial charge on any atom is 0.488 e. The fourth-order valence-electron chi connectivity index (χ4n) is 2.45. The van der Waals surface area contributed by atoms with Gasteiger partial charge in [0.2, 0.25) is 0 Å². The summed E-state index contributed by atoms with van der Waals surface area (Å²) in [7, 11) is -1.37. The quantitative estimate of drug-likeness (QED) is 0.659. The van der Waals surface area contributed by atoms with Crippen molar-refractivity contribution >= 4 is 23.4 Å². The summed E-state index contributed by atoms with van der Waals surface area (Å²) >= 11 is 0. The molecule has 0 heterocycles. The third-order valence-electron chi connectivity index (χ3n) is 3.13. The molecule has 0 amide bonds. The lowest BCUT2D eigenvalue weighted by molar-refractivity contribution is 0.426. The van der Waals surface area contributed by atoms with Crippen molar-refractivity contribution in [3.8, 4) is 0 Å². The lowest BCUT2D eigenvalue weighted by Gasteiger charge is -2.05. The average Bonchev–Trinajstić information content (AvgIpc) is 2.64. The minimum Gasteiger partial charge on any atom is -0.423 e. The van der Waals surface area contributed by atoms with Crippen molar-refractivity contribution in [1.82, 2.24) is 0 Å². The second kappa shape index (κ2) is 3.09. The Hall–Kier alpha value is -1.32. The van der Waals surface area contributed by atoms with Crippen molar-refractivity contribution in [3.05, 3.63) is 41.5 Å². The van der Waals surface area contributed by atoms with Crippen LogP contribution in [0.25, 0.3) is 10.8 Å². The van der Waals surface area contributed by atoms with E-state index in [2.05, 4.69) is 6.07 Å². The first-order chi connectivity index (χ1) is 7.25. The molecule has 0 saturated heterocycles. The summed E-state index contributed by atoms with van der Waals surface area (Å²) in [5.41, 5.74) is 3.21. The number of hydrogen-bond acceptors (Lipinski definition) is 2. The van der Waals surface area contributed by atoms with Crippen LogP contribution >= 0.6 is 0 Å². The molecule has 0 unspecified atom stereocenters. The summed E-state index contributed by atoms with van der Waals surface area (Å²) in [6.07, 6.45) is 2.08. The molecule has 1 aliphatic rings. The van der Waals surface area contributed by atoms with E-state index in [9.17, 15) is 10.0 Å². The molecule has 15 heavy (non-hydrogen) atoms. The number of hydrogen-bond donors (Lipinski definition) is 2. The van der Waals surface area contributed by atoms with Crippen LogP contribution in [0.4, 0.5) is 0 Å². The molecule has 2 N–H and O–H groups in total. The molecule has 2 aromatic carbocycles. The molecule has 0 atom stereocenters. The van der Waals surface area contributed by atoms with Crippen molar-refractivity contribution in [2.24, 2.45) is 0 Å². The molecular formula is C12H11BO2. The summed E-state index contributed by atoms with van der Waals surface area (Å²) in [6.45, 7) is 0. The zero-order chi connectivity index (χ0) is 10.4. The molecular weight excluding hydrogens is 187 g/mol. The Morgan fingerprint density at radius 1 is 1.00 bits per heavy atom. The van der Waals surface area contributed by atoms with Crippen LogP contribution in [0.15, 0.2) is 30.3 Å². The smallest absolute Gasteiger partial charge is 0.423 e. The van der Waals surface area contributed by atoms with Gasteiger partial charge >= 0.3 is 7.12 Å². The summed E-state index contributed by atoms with van der Waals surface area (Å²) in [5.74, 6) is 0. The molecule has 74 valence electrons. The lowest BCUT2D eigenvalue weighted by atomic mass is 9.78. The SMILES string of the molecule is OB(O)c1cc2c3c(cccc3c1)CC2. The van der Waals surface area contributed by atoms with E-state index < -0.39 is 7.12 Å². The monoisotopic (exact) mass is 198 g/mol. The van der Waals surface area contributed by atoms with E-state index in [1.807, 2.05) is 24.3 Å². The van der Waals surface area contributed by atoms with Gasteiger partial charge in [0.1, 0.15) is 0 Å². The van der Waals surface area contributed by atoms with E-state index in [1.54, 1.807) is 0 Å². The normalized spacial score (nSPS) is 13.5. The van der Waals surface area contributed by atoms with Gasteiger partial charge in [-0.3, -0.25) is 0 Å². The fourth-order valence-corrected chi connectivity index (χ4v) is 2.45. The highest BCUT2D eigenvalue weighted by molar-refractivity contribution is 6.59. The Bertz CT molecular complexity index is 534. The van der Waals surface area contributed by atoms with Crippen LogP contribution in [0.3, 0.4) is 0 Å². The predicted molar refractivity (Wildman–Crippen MR) is 61.2 cm³/mol. The summed E-state index contributed by atoms with van der Waals surface area (Å²) < 4.78 is 0. The zero-order valence-corrected chi connectivity index (χ0v) is 8.27. The van der Waals surface area contributed by atoms with Crippen LogP contribution in [0.5, 0.6) is 0 Å². The molecule has 0 aromatic heterocycles. The van der Waals surface area contributed by atoms with Crippen LogP contribution in [0.2, 0.25) is 0 Å². The van der Waals surface area contributed by atoms with Crippen molar-refractivity contribution in [2.45, 2.75) is 12.8 Å². The fraction of sp³-hybridized carbons (Fsp3) is 0.167. The van der Waals surface area contributed by atoms with E-state index in [1.165, 1.54) is 16.5 Å². The average molecular weight is 198 g/mol. The Labute approximate surface area is 88.3 Å². The topological polar surface area (TPSA) is 40.5 Å². The highest BCUT2D eigenvalue weighted by atomic mass is 16.4. The first-order valence-corrected chi connectivity index (χ1v) is 5.16. The first kappa shape index (κ1) is 8.95. The molecule has 0 fully saturated rings. The Morgan fingerprint density at radius 3 is 2.60 bits per heavy atom. The van der Waals surface area contributed by atoms with Gasteiger partial charge < -0.3 is 10.0 Å². The second-order valence-corrected chi connectivity index (χ2v) is 4.07. The van der Waals surface area contributed by atoms with Crippen molar-refractivity contribution in [3.63, 3.8) is 0 Å². The largest absolute Gasteiger partial charge is 0.488 e. The van der Waals surface area contributed by atoms with Gasteiger partial charge in [-0.25, -0.2) is 0 Å². The van der Waals surface area contributed by atoms with Gasteiger partial charge in [-0.2, -0.15) is 0 Å². The van der Waals surface area contributed by atoms with Crippen LogP contribution in [-0.4, -0.2) is 17.2 Å². The van der Waals surface area contributed by atoms with Gasteiger partial charge in [-0.15, -0.1) is 0 Å². The van der Waals surface area contributed by atoms with Crippen LogP contribution in [0, 0.1) is 0 Å². The van der Waals surface area contributed by atoms with Gasteiger partial charge in [0.25, 0.3) is 0 Å². The predicted octanol–water partition coefficient (Wildman–Crippen LogP) is 0.618. The summed E-state index contributed by atoms with van der Waals surface area (Å²) in [4.78, 5) is 0. The van der Waals surface area contributed by atoms with Crippen LogP contribution in [0.1, 0.15) is 11.1 Å². The van der Waals surface area contributed by atoms with Crippen molar-refractivity contribution < 1.29 is 10.0 Å². The van der Waals surface area contributed by atoms with Gasteiger partial charge in [0.15, 0.2) is 0 Å². The van der Waals surface area contributed by atoms with Crippen LogP contribution in [-0.2, 0) is 12.8 Å². The van der Waals surface area contributed by atoms with Crippen molar-refractivity contribution in [1.29, 1.82) is 0 Å².